The first kappa shape index (κ1) is 30.8. The zero-order valence-corrected chi connectivity index (χ0v) is 23.4. The lowest BCUT2D eigenvalue weighted by Gasteiger charge is -2.30. The molecule has 34 heavy (non-hydrogen) atoms. The van der Waals surface area contributed by atoms with Gasteiger partial charge in [-0.05, 0) is 53.9 Å². The van der Waals surface area contributed by atoms with Gasteiger partial charge in [0.2, 0.25) is 17.7 Å². The van der Waals surface area contributed by atoms with E-state index in [9.17, 15) is 19.2 Å². The quantitative estimate of drug-likeness (QED) is 0.142. The van der Waals surface area contributed by atoms with Gasteiger partial charge < -0.3 is 14.8 Å². The molecule has 1 aliphatic rings. The van der Waals surface area contributed by atoms with Crippen LogP contribution in [0.1, 0.15) is 80.6 Å². The van der Waals surface area contributed by atoms with Crippen LogP contribution in [-0.4, -0.2) is 70.5 Å². The third-order valence-electron chi connectivity index (χ3n) is 5.65. The highest BCUT2D eigenvalue weighted by atomic mass is 33.1. The Hall–Kier alpha value is -1.26. The Morgan fingerprint density at radius 3 is 2.29 bits per heavy atom. The van der Waals surface area contributed by atoms with Crippen LogP contribution in [-0.2, 0) is 28.7 Å². The van der Waals surface area contributed by atoms with E-state index in [2.05, 4.69) is 12.2 Å². The van der Waals surface area contributed by atoms with Gasteiger partial charge in [-0.2, -0.15) is 0 Å². The van der Waals surface area contributed by atoms with Gasteiger partial charge in [0.25, 0.3) is 0 Å². The Morgan fingerprint density at radius 1 is 1.09 bits per heavy atom. The summed E-state index contributed by atoms with van der Waals surface area (Å²) in [5.41, 5.74) is -0.833. The zero-order valence-electron chi connectivity index (χ0n) is 21.7. The second kappa shape index (κ2) is 14.3. The molecule has 1 saturated heterocycles. The number of esters is 1. The molecule has 1 N–H and O–H groups in total. The van der Waals surface area contributed by atoms with E-state index in [1.165, 1.54) is 0 Å². The van der Waals surface area contributed by atoms with Gasteiger partial charge in [0.15, 0.2) is 0 Å². The third kappa shape index (κ3) is 11.9. The molecule has 0 bridgehead atoms. The SMILES string of the molecule is CCC(C)C(=O)OCC(C)SSCCC(C)(C)OCCC(C)(C)NC(=O)CN1C(=O)CCC1=O. The molecule has 196 valence electrons. The van der Waals surface area contributed by atoms with E-state index in [1.54, 1.807) is 21.6 Å². The van der Waals surface area contributed by atoms with E-state index in [0.717, 1.165) is 23.5 Å². The molecule has 1 aliphatic heterocycles. The highest BCUT2D eigenvalue weighted by Gasteiger charge is 2.32. The monoisotopic (exact) mass is 518 g/mol. The third-order valence-corrected chi connectivity index (χ3v) is 8.51. The molecular formula is C24H42N2O6S2. The van der Waals surface area contributed by atoms with Crippen LogP contribution in [0.3, 0.4) is 0 Å². The van der Waals surface area contributed by atoms with E-state index in [0.29, 0.717) is 19.6 Å². The predicted octanol–water partition coefficient (Wildman–Crippen LogP) is 3.96. The molecule has 3 amide bonds. The Kier molecular flexibility index (Phi) is 13.0. The molecular weight excluding hydrogens is 476 g/mol. The minimum Gasteiger partial charge on any atom is -0.464 e. The van der Waals surface area contributed by atoms with Crippen LogP contribution in [0, 0.1) is 5.92 Å². The van der Waals surface area contributed by atoms with Gasteiger partial charge in [0.1, 0.15) is 13.2 Å². The van der Waals surface area contributed by atoms with Gasteiger partial charge in [0.05, 0.1) is 11.5 Å². The van der Waals surface area contributed by atoms with E-state index in [-0.39, 0.29) is 59.8 Å². The average Bonchev–Trinajstić information content (AvgIpc) is 3.05. The lowest BCUT2D eigenvalue weighted by molar-refractivity contribution is -0.148. The van der Waals surface area contributed by atoms with Crippen molar-refractivity contribution < 1.29 is 28.7 Å². The predicted molar refractivity (Wildman–Crippen MR) is 137 cm³/mol. The van der Waals surface area contributed by atoms with Gasteiger partial charge in [-0.1, -0.05) is 35.4 Å². The fourth-order valence-corrected chi connectivity index (χ4v) is 5.49. The number of carbonyl (C=O) groups excluding carboxylic acids is 4. The number of nitrogens with zero attached hydrogens (tertiary/aromatic N) is 1. The summed E-state index contributed by atoms with van der Waals surface area (Å²) < 4.78 is 11.4. The maximum absolute atomic E-state index is 12.3. The van der Waals surface area contributed by atoms with E-state index in [1.807, 2.05) is 41.5 Å². The molecule has 10 heteroatoms. The van der Waals surface area contributed by atoms with Crippen molar-refractivity contribution in [2.45, 2.75) is 97.0 Å². The Bertz CT molecular complexity index is 698. The van der Waals surface area contributed by atoms with Gasteiger partial charge in [-0.3, -0.25) is 24.1 Å². The highest BCUT2D eigenvalue weighted by Crippen LogP contribution is 2.30. The molecule has 0 aliphatic carbocycles. The normalized spacial score (nSPS) is 16.5. The lowest BCUT2D eigenvalue weighted by atomic mass is 10.0. The van der Waals surface area contributed by atoms with Crippen molar-refractivity contribution in [2.24, 2.45) is 5.92 Å². The highest BCUT2D eigenvalue weighted by molar-refractivity contribution is 8.76. The van der Waals surface area contributed by atoms with Crippen LogP contribution < -0.4 is 5.32 Å². The number of nitrogens with one attached hydrogen (secondary N) is 1. The van der Waals surface area contributed by atoms with Crippen LogP contribution in [0.25, 0.3) is 0 Å². The molecule has 1 heterocycles. The molecule has 0 aromatic rings. The summed E-state index contributed by atoms with van der Waals surface area (Å²) in [6, 6.07) is 0. The molecule has 0 radical (unpaired) electrons. The molecule has 2 atom stereocenters. The smallest absolute Gasteiger partial charge is 0.308 e. The van der Waals surface area contributed by atoms with Crippen molar-refractivity contribution >= 4 is 45.3 Å². The van der Waals surface area contributed by atoms with Crippen molar-refractivity contribution in [2.75, 3.05) is 25.5 Å². The van der Waals surface area contributed by atoms with E-state index in [4.69, 9.17) is 9.47 Å². The molecule has 0 aromatic heterocycles. The van der Waals surface area contributed by atoms with Crippen LogP contribution in [0.15, 0.2) is 0 Å². The fraction of sp³-hybridized carbons (Fsp3) is 0.833. The second-order valence-electron chi connectivity index (χ2n) is 10.1. The van der Waals surface area contributed by atoms with E-state index < -0.39 is 5.54 Å². The summed E-state index contributed by atoms with van der Waals surface area (Å²) in [5, 5.41) is 3.12. The zero-order chi connectivity index (χ0) is 25.9. The molecule has 2 unspecified atom stereocenters. The number of hydrogen-bond donors (Lipinski definition) is 1. The number of imide groups is 1. The average molecular weight is 519 g/mol. The minimum absolute atomic E-state index is 0.0559. The molecule has 0 spiro atoms. The summed E-state index contributed by atoms with van der Waals surface area (Å²) in [6.45, 7) is 14.5. The Balaban J connectivity index is 2.24. The summed E-state index contributed by atoms with van der Waals surface area (Å²) in [7, 11) is 3.46. The molecule has 1 fully saturated rings. The van der Waals surface area contributed by atoms with Gasteiger partial charge in [-0.25, -0.2) is 0 Å². The van der Waals surface area contributed by atoms with E-state index >= 15 is 0 Å². The Morgan fingerprint density at radius 2 is 1.71 bits per heavy atom. The van der Waals surface area contributed by atoms with Gasteiger partial charge >= 0.3 is 5.97 Å². The number of likely N-dealkylation sites (tertiary alicyclic amines) is 1. The summed E-state index contributed by atoms with van der Waals surface area (Å²) in [4.78, 5) is 48.5. The number of amides is 3. The van der Waals surface area contributed by atoms with Crippen LogP contribution in [0.2, 0.25) is 0 Å². The minimum atomic E-state index is -0.522. The lowest BCUT2D eigenvalue weighted by Crippen LogP contribution is -2.49. The maximum Gasteiger partial charge on any atom is 0.308 e. The number of ether oxygens (including phenoxy) is 2. The first-order valence-corrected chi connectivity index (χ1v) is 14.4. The van der Waals surface area contributed by atoms with Gasteiger partial charge in [0, 0.05) is 36.0 Å². The first-order valence-electron chi connectivity index (χ1n) is 12.0. The second-order valence-corrected chi connectivity index (χ2v) is 13.0. The topological polar surface area (TPSA) is 102 Å². The number of carbonyl (C=O) groups is 4. The van der Waals surface area contributed by atoms with Crippen LogP contribution in [0.5, 0.6) is 0 Å². The van der Waals surface area contributed by atoms with Crippen molar-refractivity contribution in [1.82, 2.24) is 10.2 Å². The van der Waals surface area contributed by atoms with Crippen LogP contribution in [0.4, 0.5) is 0 Å². The summed E-state index contributed by atoms with van der Waals surface area (Å²) >= 11 is 0. The van der Waals surface area contributed by atoms with Crippen LogP contribution >= 0.6 is 21.6 Å². The standard InChI is InChI=1S/C24H42N2O6S2/c1-8-17(2)22(30)31-16-18(3)34-33-14-12-24(6,7)32-13-11-23(4,5)25-19(27)15-26-20(28)9-10-21(26)29/h17-18H,8-16H2,1-7H3,(H,25,27). The number of hydrogen-bond acceptors (Lipinski definition) is 8. The molecule has 1 rings (SSSR count). The van der Waals surface area contributed by atoms with Crippen molar-refractivity contribution in [3.05, 3.63) is 0 Å². The molecule has 8 nitrogen and oxygen atoms in total. The van der Waals surface area contributed by atoms with Gasteiger partial charge in [-0.15, -0.1) is 0 Å². The largest absolute Gasteiger partial charge is 0.464 e. The van der Waals surface area contributed by atoms with Crippen molar-refractivity contribution in [1.29, 1.82) is 0 Å². The van der Waals surface area contributed by atoms with Crippen molar-refractivity contribution in [3.8, 4) is 0 Å². The summed E-state index contributed by atoms with van der Waals surface area (Å²) in [6.07, 6.45) is 2.61. The fourth-order valence-electron chi connectivity index (χ4n) is 3.06. The molecule has 0 aromatic carbocycles. The summed E-state index contributed by atoms with van der Waals surface area (Å²) in [5.74, 6) is -0.211. The first-order chi connectivity index (χ1) is 15.8. The maximum atomic E-state index is 12.3. The molecule has 0 saturated carbocycles. The Labute approximate surface area is 212 Å². The number of rotatable bonds is 16. The van der Waals surface area contributed by atoms with Crippen molar-refractivity contribution in [3.63, 3.8) is 0 Å².